The minimum atomic E-state index is 0.00276. The van der Waals surface area contributed by atoms with Crippen LogP contribution in [0.25, 0.3) is 6.08 Å². The molecule has 2 aliphatic rings. The molecular formula is C21H20Cl2N2O2S. The van der Waals surface area contributed by atoms with Gasteiger partial charge in [-0.15, -0.1) is 0 Å². The predicted molar refractivity (Wildman–Crippen MR) is 116 cm³/mol. The number of rotatable bonds is 4. The zero-order chi connectivity index (χ0) is 19.5. The molecule has 2 aliphatic heterocycles. The minimum Gasteiger partial charge on any atom is -0.379 e. The summed E-state index contributed by atoms with van der Waals surface area (Å²) < 4.78 is 5.42. The van der Waals surface area contributed by atoms with Crippen LogP contribution < -0.4 is 4.90 Å². The van der Waals surface area contributed by atoms with Gasteiger partial charge >= 0.3 is 0 Å². The predicted octanol–water partition coefficient (Wildman–Crippen LogP) is 4.81. The quantitative estimate of drug-likeness (QED) is 0.646. The lowest BCUT2D eigenvalue weighted by atomic mass is 10.2. The average Bonchev–Trinajstić information content (AvgIpc) is 2.71. The summed E-state index contributed by atoms with van der Waals surface area (Å²) in [5.41, 5.74) is 1.75. The smallest absolute Gasteiger partial charge is 0.265 e. The molecule has 0 saturated carbocycles. The molecular weight excluding hydrogens is 415 g/mol. The molecule has 0 bridgehead atoms. The lowest BCUT2D eigenvalue weighted by Gasteiger charge is -2.33. The van der Waals surface area contributed by atoms with Crippen molar-refractivity contribution in [2.75, 3.05) is 44.3 Å². The molecule has 4 rings (SSSR count). The van der Waals surface area contributed by atoms with E-state index in [0.29, 0.717) is 21.5 Å². The van der Waals surface area contributed by atoms with Crippen LogP contribution >= 0.6 is 35.0 Å². The van der Waals surface area contributed by atoms with Crippen molar-refractivity contribution in [3.8, 4) is 0 Å². The maximum atomic E-state index is 13.3. The van der Waals surface area contributed by atoms with E-state index < -0.39 is 0 Å². The van der Waals surface area contributed by atoms with E-state index in [4.69, 9.17) is 27.9 Å². The third kappa shape index (κ3) is 4.39. The van der Waals surface area contributed by atoms with Gasteiger partial charge in [-0.25, -0.2) is 0 Å². The number of hydrogen-bond donors (Lipinski definition) is 0. The number of halogens is 2. The second-order valence-electron chi connectivity index (χ2n) is 6.66. The molecule has 0 radical (unpaired) electrons. The molecule has 2 heterocycles. The summed E-state index contributed by atoms with van der Waals surface area (Å²) in [6.07, 6.45) is 1.85. The van der Waals surface area contributed by atoms with Gasteiger partial charge in [0.2, 0.25) is 0 Å². The summed E-state index contributed by atoms with van der Waals surface area (Å²) in [6, 6.07) is 13.3. The Morgan fingerprint density at radius 1 is 1.07 bits per heavy atom. The van der Waals surface area contributed by atoms with Gasteiger partial charge in [-0.3, -0.25) is 9.69 Å². The fourth-order valence-corrected chi connectivity index (χ4v) is 4.82. The second-order valence-corrected chi connectivity index (χ2v) is 8.58. The number of carbonyl (C=O) groups excluding carboxylic acids is 1. The fraction of sp³-hybridized carbons (Fsp3) is 0.286. The number of amides is 1. The molecule has 1 amide bonds. The van der Waals surface area contributed by atoms with Crippen LogP contribution in [-0.4, -0.2) is 50.2 Å². The monoisotopic (exact) mass is 434 g/mol. The van der Waals surface area contributed by atoms with E-state index in [0.717, 1.165) is 49.0 Å². The van der Waals surface area contributed by atoms with Crippen LogP contribution in [0.5, 0.6) is 0 Å². The Bertz CT molecular complexity index is 913. The topological polar surface area (TPSA) is 32.8 Å². The maximum absolute atomic E-state index is 13.3. The summed E-state index contributed by atoms with van der Waals surface area (Å²) in [6.45, 7) is 4.77. The van der Waals surface area contributed by atoms with Crippen LogP contribution in [0.1, 0.15) is 5.56 Å². The molecule has 0 aliphatic carbocycles. The van der Waals surface area contributed by atoms with E-state index in [1.165, 1.54) is 11.8 Å². The molecule has 2 aromatic rings. The van der Waals surface area contributed by atoms with Crippen molar-refractivity contribution in [3.63, 3.8) is 0 Å². The Morgan fingerprint density at radius 2 is 1.86 bits per heavy atom. The van der Waals surface area contributed by atoms with Crippen LogP contribution in [0.2, 0.25) is 10.0 Å². The van der Waals surface area contributed by atoms with Crippen molar-refractivity contribution in [2.24, 2.45) is 0 Å². The van der Waals surface area contributed by atoms with Gasteiger partial charge in [0.05, 0.1) is 23.8 Å². The molecule has 0 unspecified atom stereocenters. The fourth-order valence-electron chi connectivity index (χ4n) is 3.31. The summed E-state index contributed by atoms with van der Waals surface area (Å²) >= 11 is 13.8. The lowest BCUT2D eigenvalue weighted by Crippen LogP contribution is -2.44. The Labute approximate surface area is 179 Å². The van der Waals surface area contributed by atoms with Crippen molar-refractivity contribution in [2.45, 2.75) is 4.90 Å². The number of morpholine rings is 1. The second kappa shape index (κ2) is 8.89. The zero-order valence-corrected chi connectivity index (χ0v) is 17.6. The number of benzene rings is 2. The molecule has 7 heteroatoms. The Kier molecular flexibility index (Phi) is 6.28. The van der Waals surface area contributed by atoms with E-state index in [2.05, 4.69) is 4.90 Å². The van der Waals surface area contributed by atoms with Crippen LogP contribution in [-0.2, 0) is 9.53 Å². The molecule has 1 saturated heterocycles. The minimum absolute atomic E-state index is 0.00276. The van der Waals surface area contributed by atoms with E-state index >= 15 is 0 Å². The van der Waals surface area contributed by atoms with E-state index in [9.17, 15) is 4.79 Å². The largest absolute Gasteiger partial charge is 0.379 e. The highest BCUT2D eigenvalue weighted by Crippen LogP contribution is 2.42. The van der Waals surface area contributed by atoms with Crippen LogP contribution in [0.4, 0.5) is 5.69 Å². The Hall–Kier alpha value is -1.50. The third-order valence-electron chi connectivity index (χ3n) is 4.82. The number of anilines is 1. The zero-order valence-electron chi connectivity index (χ0n) is 15.2. The highest BCUT2D eigenvalue weighted by atomic mass is 35.5. The molecule has 0 atom stereocenters. The van der Waals surface area contributed by atoms with E-state index in [-0.39, 0.29) is 5.91 Å². The normalized spacial score (nSPS) is 19.1. The molecule has 0 N–H and O–H groups in total. The summed E-state index contributed by atoms with van der Waals surface area (Å²) in [7, 11) is 0. The first kappa shape index (κ1) is 19.8. The van der Waals surface area contributed by atoms with Crippen LogP contribution in [0.3, 0.4) is 0 Å². The SMILES string of the molecule is O=C1C(=Cc2ccc(Cl)cc2Cl)Sc2ccccc2N1CCN1CCOCC1. The highest BCUT2D eigenvalue weighted by molar-refractivity contribution is 8.04. The van der Waals surface area contributed by atoms with Gasteiger partial charge in [-0.05, 0) is 35.9 Å². The number of thioether (sulfide) groups is 1. The van der Waals surface area contributed by atoms with E-state index in [1.54, 1.807) is 12.1 Å². The van der Waals surface area contributed by atoms with Crippen molar-refractivity contribution in [1.29, 1.82) is 0 Å². The van der Waals surface area contributed by atoms with Crippen molar-refractivity contribution in [1.82, 2.24) is 4.90 Å². The van der Waals surface area contributed by atoms with Crippen molar-refractivity contribution < 1.29 is 9.53 Å². The summed E-state index contributed by atoms with van der Waals surface area (Å²) in [5.74, 6) is 0.00276. The third-order valence-corrected chi connectivity index (χ3v) is 6.46. The maximum Gasteiger partial charge on any atom is 0.265 e. The molecule has 0 aromatic heterocycles. The molecule has 0 spiro atoms. The first-order valence-electron chi connectivity index (χ1n) is 9.17. The lowest BCUT2D eigenvalue weighted by molar-refractivity contribution is -0.114. The van der Waals surface area contributed by atoms with Gasteiger partial charge in [0.1, 0.15) is 0 Å². The molecule has 28 heavy (non-hydrogen) atoms. The van der Waals surface area contributed by atoms with Crippen molar-refractivity contribution in [3.05, 3.63) is 63.0 Å². The number of para-hydroxylation sites is 1. The molecule has 4 nitrogen and oxygen atoms in total. The van der Waals surface area contributed by atoms with Gasteiger partial charge < -0.3 is 9.64 Å². The molecule has 2 aromatic carbocycles. The number of nitrogens with zero attached hydrogens (tertiary/aromatic N) is 2. The van der Waals surface area contributed by atoms with Crippen LogP contribution in [0.15, 0.2) is 52.3 Å². The summed E-state index contributed by atoms with van der Waals surface area (Å²) in [5, 5.41) is 1.11. The van der Waals surface area contributed by atoms with Gasteiger partial charge in [0.15, 0.2) is 0 Å². The first-order valence-corrected chi connectivity index (χ1v) is 10.7. The van der Waals surface area contributed by atoms with Gasteiger partial charge in [0, 0.05) is 41.1 Å². The highest BCUT2D eigenvalue weighted by Gasteiger charge is 2.29. The Morgan fingerprint density at radius 3 is 2.64 bits per heavy atom. The number of ether oxygens (including phenoxy) is 1. The van der Waals surface area contributed by atoms with Crippen LogP contribution in [0, 0.1) is 0 Å². The Balaban J connectivity index is 1.61. The van der Waals surface area contributed by atoms with E-state index in [1.807, 2.05) is 41.3 Å². The average molecular weight is 435 g/mol. The summed E-state index contributed by atoms with van der Waals surface area (Å²) in [4.78, 5) is 19.2. The number of carbonyl (C=O) groups is 1. The van der Waals surface area contributed by atoms with Gasteiger partial charge in [-0.1, -0.05) is 53.2 Å². The molecule has 146 valence electrons. The first-order chi connectivity index (χ1) is 13.6. The van der Waals surface area contributed by atoms with Gasteiger partial charge in [-0.2, -0.15) is 0 Å². The number of hydrogen-bond acceptors (Lipinski definition) is 4. The number of fused-ring (bicyclic) bond motifs is 1. The molecule has 1 fully saturated rings. The van der Waals surface area contributed by atoms with Gasteiger partial charge in [0.25, 0.3) is 5.91 Å². The van der Waals surface area contributed by atoms with Crippen molar-refractivity contribution >= 4 is 52.6 Å². The standard InChI is InChI=1S/C21H20Cl2N2O2S/c22-16-6-5-15(17(23)14-16)13-20-21(26)25(8-7-24-9-11-27-12-10-24)18-3-1-2-4-19(18)28-20/h1-6,13-14H,7-12H2.